The van der Waals surface area contributed by atoms with E-state index >= 15 is 0 Å². The molecule has 0 bridgehead atoms. The predicted octanol–water partition coefficient (Wildman–Crippen LogP) is 3.31. The molecule has 3 aliphatic rings. The van der Waals surface area contributed by atoms with Crippen molar-refractivity contribution in [1.29, 1.82) is 0 Å². The van der Waals surface area contributed by atoms with Gasteiger partial charge in [0.1, 0.15) is 0 Å². The summed E-state index contributed by atoms with van der Waals surface area (Å²) in [5.74, 6) is 0.848. The summed E-state index contributed by atoms with van der Waals surface area (Å²) in [6, 6.07) is 0.589. The lowest BCUT2D eigenvalue weighted by Gasteiger charge is -2.21. The van der Waals surface area contributed by atoms with Crippen LogP contribution in [0.4, 0.5) is 0 Å². The third-order valence-electron chi connectivity index (χ3n) is 4.02. The van der Waals surface area contributed by atoms with Gasteiger partial charge in [0.2, 0.25) is 0 Å². The van der Waals surface area contributed by atoms with Crippen LogP contribution >= 0.6 is 0 Å². The van der Waals surface area contributed by atoms with Gasteiger partial charge in [0.25, 0.3) is 0 Å². The average molecular weight is 201 g/mol. The van der Waals surface area contributed by atoms with Crippen molar-refractivity contribution in [3.8, 4) is 0 Å². The molecule has 80 valence electrons. The van der Waals surface area contributed by atoms with Crippen LogP contribution in [-0.4, -0.2) is 6.04 Å². The van der Waals surface area contributed by atoms with E-state index in [4.69, 9.17) is 0 Å². The maximum Gasteiger partial charge on any atom is 0.0548 e. The molecular weight excluding hydrogens is 182 g/mol. The van der Waals surface area contributed by atoms with Crippen LogP contribution < -0.4 is 5.32 Å². The molecule has 15 heavy (non-hydrogen) atoms. The molecule has 1 aliphatic heterocycles. The number of nitrogens with one attached hydrogen (secondary N) is 1. The minimum Gasteiger partial charge on any atom is -0.384 e. The van der Waals surface area contributed by atoms with Crippen molar-refractivity contribution in [3.05, 3.63) is 35.1 Å². The van der Waals surface area contributed by atoms with Crippen molar-refractivity contribution in [3.63, 3.8) is 0 Å². The first-order chi connectivity index (χ1) is 7.34. The molecule has 3 rings (SSSR count). The van der Waals surface area contributed by atoms with Crippen LogP contribution in [0.1, 0.15) is 39.0 Å². The summed E-state index contributed by atoms with van der Waals surface area (Å²) in [6.45, 7) is 2.22. The van der Waals surface area contributed by atoms with E-state index in [0.29, 0.717) is 6.04 Å². The lowest BCUT2D eigenvalue weighted by atomic mass is 9.85. The van der Waals surface area contributed by atoms with E-state index in [1.807, 2.05) is 0 Å². The Morgan fingerprint density at radius 2 is 1.93 bits per heavy atom. The summed E-state index contributed by atoms with van der Waals surface area (Å²) in [7, 11) is 0. The molecule has 0 aromatic heterocycles. The fourth-order valence-electron chi connectivity index (χ4n) is 3.16. The Hall–Kier alpha value is -0.980. The smallest absolute Gasteiger partial charge is 0.0548 e. The predicted molar refractivity (Wildman–Crippen MR) is 63.4 cm³/mol. The number of fused-ring (bicyclic) bond motifs is 1. The molecule has 1 atom stereocenters. The highest BCUT2D eigenvalue weighted by Gasteiger charge is 2.30. The zero-order valence-corrected chi connectivity index (χ0v) is 9.42. The van der Waals surface area contributed by atoms with Gasteiger partial charge in [0.15, 0.2) is 0 Å². The molecule has 1 fully saturated rings. The second-order valence-corrected chi connectivity index (χ2v) is 5.14. The van der Waals surface area contributed by atoms with Crippen molar-refractivity contribution in [2.45, 2.75) is 45.1 Å². The Morgan fingerprint density at radius 1 is 1.13 bits per heavy atom. The zero-order chi connectivity index (χ0) is 10.3. The monoisotopic (exact) mass is 201 g/mol. The third-order valence-corrected chi connectivity index (χ3v) is 4.02. The molecule has 1 heterocycles. The average Bonchev–Trinajstić information content (AvgIpc) is 2.82. The first-order valence-electron chi connectivity index (χ1n) is 6.18. The van der Waals surface area contributed by atoms with Gasteiger partial charge in [0, 0.05) is 6.20 Å². The second kappa shape index (κ2) is 3.55. The highest BCUT2D eigenvalue weighted by Crippen LogP contribution is 2.39. The molecular formula is C14H19N. The van der Waals surface area contributed by atoms with Gasteiger partial charge in [-0.15, -0.1) is 0 Å². The van der Waals surface area contributed by atoms with Crippen LogP contribution in [0.3, 0.4) is 0 Å². The minimum absolute atomic E-state index is 0.589. The van der Waals surface area contributed by atoms with Crippen LogP contribution in [0.25, 0.3) is 0 Å². The summed E-state index contributed by atoms with van der Waals surface area (Å²) in [4.78, 5) is 0. The van der Waals surface area contributed by atoms with Gasteiger partial charge in [-0.1, -0.05) is 30.6 Å². The van der Waals surface area contributed by atoms with E-state index in [1.165, 1.54) is 37.7 Å². The van der Waals surface area contributed by atoms with Gasteiger partial charge in [-0.2, -0.15) is 0 Å². The fourth-order valence-corrected chi connectivity index (χ4v) is 3.16. The lowest BCUT2D eigenvalue weighted by Crippen LogP contribution is -2.23. The van der Waals surface area contributed by atoms with E-state index < -0.39 is 0 Å². The van der Waals surface area contributed by atoms with Crippen molar-refractivity contribution in [2.24, 2.45) is 5.92 Å². The van der Waals surface area contributed by atoms with Gasteiger partial charge in [0.05, 0.1) is 6.04 Å². The van der Waals surface area contributed by atoms with Crippen LogP contribution in [0.2, 0.25) is 0 Å². The van der Waals surface area contributed by atoms with Crippen LogP contribution in [0, 0.1) is 5.92 Å². The molecule has 0 aromatic rings. The van der Waals surface area contributed by atoms with Crippen molar-refractivity contribution >= 4 is 0 Å². The lowest BCUT2D eigenvalue weighted by molar-refractivity contribution is 0.636. The number of hydrogen-bond donors (Lipinski definition) is 1. The Kier molecular flexibility index (Phi) is 2.19. The zero-order valence-electron chi connectivity index (χ0n) is 9.42. The first kappa shape index (κ1) is 9.26. The molecule has 0 aromatic carbocycles. The molecule has 1 heteroatoms. The molecule has 0 amide bonds. The normalized spacial score (nSPS) is 30.5. The standard InChI is InChI=1S/C14H19N/c1-10-6-7-12-13(9-15-14(12)8-10)11-4-2-3-5-11/h6-7,9,11,14-15H,2-5,8H2,1H3. The summed E-state index contributed by atoms with van der Waals surface area (Å²) in [5, 5.41) is 3.54. The molecule has 1 saturated carbocycles. The topological polar surface area (TPSA) is 12.0 Å². The number of rotatable bonds is 1. The van der Waals surface area contributed by atoms with Gasteiger partial charge < -0.3 is 5.32 Å². The molecule has 1 unspecified atom stereocenters. The maximum absolute atomic E-state index is 3.54. The molecule has 0 saturated heterocycles. The number of hydrogen-bond acceptors (Lipinski definition) is 1. The summed E-state index contributed by atoms with van der Waals surface area (Å²) in [6.07, 6.45) is 13.8. The van der Waals surface area contributed by atoms with Crippen LogP contribution in [0.5, 0.6) is 0 Å². The molecule has 0 spiro atoms. The van der Waals surface area contributed by atoms with Gasteiger partial charge in [-0.3, -0.25) is 0 Å². The first-order valence-corrected chi connectivity index (χ1v) is 6.18. The molecule has 0 radical (unpaired) electrons. The van der Waals surface area contributed by atoms with Gasteiger partial charge in [-0.05, 0) is 43.3 Å². The summed E-state index contributed by atoms with van der Waals surface area (Å²) < 4.78 is 0. The highest BCUT2D eigenvalue weighted by molar-refractivity contribution is 5.47. The molecule has 2 aliphatic carbocycles. The third kappa shape index (κ3) is 1.54. The summed E-state index contributed by atoms with van der Waals surface area (Å²) in [5.41, 5.74) is 4.69. The Bertz CT molecular complexity index is 354. The minimum atomic E-state index is 0.589. The van der Waals surface area contributed by atoms with Gasteiger partial charge in [-0.25, -0.2) is 0 Å². The Morgan fingerprint density at radius 3 is 2.73 bits per heavy atom. The van der Waals surface area contributed by atoms with E-state index in [9.17, 15) is 0 Å². The molecule has 1 N–H and O–H groups in total. The second-order valence-electron chi connectivity index (χ2n) is 5.14. The Labute approximate surface area is 91.9 Å². The number of allylic oxidation sites excluding steroid dienone is 2. The summed E-state index contributed by atoms with van der Waals surface area (Å²) >= 11 is 0. The highest BCUT2D eigenvalue weighted by atomic mass is 14.9. The van der Waals surface area contributed by atoms with Crippen molar-refractivity contribution in [2.75, 3.05) is 0 Å². The fraction of sp³-hybridized carbons (Fsp3) is 0.571. The maximum atomic E-state index is 3.54. The van der Waals surface area contributed by atoms with E-state index in [0.717, 1.165) is 5.92 Å². The SMILES string of the molecule is CC1=CC=C2C(C3CCCC3)=CNC2C1. The Balaban J connectivity index is 1.85. The van der Waals surface area contributed by atoms with Gasteiger partial charge >= 0.3 is 0 Å². The van der Waals surface area contributed by atoms with E-state index in [-0.39, 0.29) is 0 Å². The van der Waals surface area contributed by atoms with E-state index in [2.05, 4.69) is 30.6 Å². The quantitative estimate of drug-likeness (QED) is 0.686. The van der Waals surface area contributed by atoms with Crippen LogP contribution in [0.15, 0.2) is 35.1 Å². The molecule has 1 nitrogen and oxygen atoms in total. The largest absolute Gasteiger partial charge is 0.384 e. The van der Waals surface area contributed by atoms with Crippen LogP contribution in [-0.2, 0) is 0 Å². The van der Waals surface area contributed by atoms with E-state index in [1.54, 1.807) is 11.1 Å². The van der Waals surface area contributed by atoms with Crippen molar-refractivity contribution in [1.82, 2.24) is 5.32 Å². The van der Waals surface area contributed by atoms with Crippen molar-refractivity contribution < 1.29 is 0 Å².